The molecule has 4 atom stereocenters. The Morgan fingerprint density at radius 1 is 0.976 bits per heavy atom. The molecule has 12 heteroatoms. The van der Waals surface area contributed by atoms with Crippen molar-refractivity contribution in [3.05, 3.63) is 71.9 Å². The maximum absolute atomic E-state index is 13.3. The fourth-order valence-electron chi connectivity index (χ4n) is 5.14. The number of carbonyl (C=O) groups excluding carboxylic acids is 4. The van der Waals surface area contributed by atoms with Crippen LogP contribution in [0.3, 0.4) is 0 Å². The Morgan fingerprint density at radius 3 is 2.39 bits per heavy atom. The minimum absolute atomic E-state index is 0.0352. The quantitative estimate of drug-likeness (QED) is 0.181. The van der Waals surface area contributed by atoms with Gasteiger partial charge in [-0.3, -0.25) is 19.2 Å². The van der Waals surface area contributed by atoms with E-state index >= 15 is 0 Å². The molecule has 1 aromatic heterocycles. The molecule has 0 aliphatic carbocycles. The molecule has 1 fully saturated rings. The predicted molar refractivity (Wildman–Crippen MR) is 150 cm³/mol. The first-order valence-corrected chi connectivity index (χ1v) is 13.4. The number of nitrogens with one attached hydrogen (secondary N) is 3. The van der Waals surface area contributed by atoms with E-state index in [2.05, 4.69) is 15.6 Å². The first kappa shape index (κ1) is 29.3. The molecule has 3 aromatic rings. The Hall–Kier alpha value is -4.71. The summed E-state index contributed by atoms with van der Waals surface area (Å²) < 4.78 is 0. The van der Waals surface area contributed by atoms with Gasteiger partial charge in [-0.15, -0.1) is 0 Å². The van der Waals surface area contributed by atoms with Gasteiger partial charge < -0.3 is 37.1 Å². The number of para-hydroxylation sites is 1. The Bertz CT molecular complexity index is 1420. The highest BCUT2D eigenvalue weighted by atomic mass is 16.4. The molecule has 2 aromatic carbocycles. The maximum Gasteiger partial charge on any atom is 0.326 e. The van der Waals surface area contributed by atoms with Gasteiger partial charge in [0.2, 0.25) is 23.6 Å². The highest BCUT2D eigenvalue weighted by Crippen LogP contribution is 2.21. The number of aliphatic carboxylic acids is 1. The number of hydrogen-bond donors (Lipinski definition) is 6. The third kappa shape index (κ3) is 7.28. The van der Waals surface area contributed by atoms with E-state index in [0.29, 0.717) is 31.4 Å². The zero-order valence-electron chi connectivity index (χ0n) is 22.4. The molecule has 0 radical (unpaired) electrons. The standard InChI is InChI=1S/C29H34N6O6/c30-20(13-17-7-2-1-3-8-17)28(39)35-12-6-11-24(35)27(38)33-22(15-25(31)36)26(37)34-23(29(40)41)14-18-16-32-21-10-5-4-9-19(18)21/h1-5,7-10,16,20,22-24,32H,6,11-15,30H2,(H2,31,36)(H,33,38)(H,34,37)(H,40,41). The van der Waals surface area contributed by atoms with Crippen LogP contribution in [0.1, 0.15) is 30.4 Å². The van der Waals surface area contributed by atoms with E-state index in [-0.39, 0.29) is 6.42 Å². The van der Waals surface area contributed by atoms with Crippen LogP contribution in [0.2, 0.25) is 0 Å². The second-order valence-corrected chi connectivity index (χ2v) is 10.2. The number of aromatic nitrogens is 1. The summed E-state index contributed by atoms with van der Waals surface area (Å²) in [5, 5.41) is 15.6. The SMILES string of the molecule is NC(=O)CC(NC(=O)C1CCCN1C(=O)C(N)Cc1ccccc1)C(=O)NC(Cc1c[nH]c2ccccc12)C(=O)O. The molecule has 4 unspecified atom stereocenters. The Morgan fingerprint density at radius 2 is 1.68 bits per heavy atom. The van der Waals surface area contributed by atoms with E-state index in [9.17, 15) is 29.1 Å². The number of hydrogen-bond acceptors (Lipinski definition) is 6. The van der Waals surface area contributed by atoms with Gasteiger partial charge in [-0.2, -0.15) is 0 Å². The molecule has 0 saturated carbocycles. The number of benzene rings is 2. The zero-order chi connectivity index (χ0) is 29.5. The average molecular weight is 563 g/mol. The zero-order valence-corrected chi connectivity index (χ0v) is 22.4. The number of fused-ring (bicyclic) bond motifs is 1. The first-order chi connectivity index (χ1) is 19.6. The van der Waals surface area contributed by atoms with Gasteiger partial charge in [-0.05, 0) is 36.5 Å². The fraction of sp³-hybridized carbons (Fsp3) is 0.345. The number of amides is 4. The van der Waals surface area contributed by atoms with E-state index < -0.39 is 60.2 Å². The van der Waals surface area contributed by atoms with Gasteiger partial charge >= 0.3 is 5.97 Å². The summed E-state index contributed by atoms with van der Waals surface area (Å²) in [6.07, 6.45) is 2.28. The van der Waals surface area contributed by atoms with Gasteiger partial charge in [0.05, 0.1) is 12.5 Å². The number of carboxylic acid groups (broad SMARTS) is 1. The Balaban J connectivity index is 1.43. The molecular weight excluding hydrogens is 528 g/mol. The van der Waals surface area contributed by atoms with E-state index in [0.717, 1.165) is 16.5 Å². The average Bonchev–Trinajstić information content (AvgIpc) is 3.60. The Kier molecular flexibility index (Phi) is 9.35. The van der Waals surface area contributed by atoms with E-state index in [1.807, 2.05) is 54.6 Å². The highest BCUT2D eigenvalue weighted by molar-refractivity contribution is 5.96. The van der Waals surface area contributed by atoms with Crippen LogP contribution in [0.4, 0.5) is 0 Å². The van der Waals surface area contributed by atoms with Crippen LogP contribution in [0.25, 0.3) is 10.9 Å². The number of nitrogens with two attached hydrogens (primary N) is 2. The second kappa shape index (κ2) is 13.1. The normalized spacial score (nSPS) is 17.0. The maximum atomic E-state index is 13.3. The molecule has 1 saturated heterocycles. The van der Waals surface area contributed by atoms with Crippen LogP contribution in [-0.2, 0) is 36.8 Å². The van der Waals surface area contributed by atoms with Gasteiger partial charge in [-0.25, -0.2) is 4.79 Å². The van der Waals surface area contributed by atoms with Gasteiger partial charge in [0.15, 0.2) is 0 Å². The number of rotatable bonds is 12. The molecule has 1 aliphatic heterocycles. The smallest absolute Gasteiger partial charge is 0.326 e. The lowest BCUT2D eigenvalue weighted by Gasteiger charge is -2.28. The third-order valence-electron chi connectivity index (χ3n) is 7.21. The van der Waals surface area contributed by atoms with Crippen LogP contribution < -0.4 is 22.1 Å². The number of carboxylic acids is 1. The number of aromatic amines is 1. The minimum Gasteiger partial charge on any atom is -0.480 e. The molecule has 41 heavy (non-hydrogen) atoms. The van der Waals surface area contributed by atoms with Crippen molar-refractivity contribution in [2.75, 3.05) is 6.54 Å². The predicted octanol–water partition coefficient (Wildman–Crippen LogP) is 0.201. The lowest BCUT2D eigenvalue weighted by Crippen LogP contribution is -2.57. The van der Waals surface area contributed by atoms with Crippen LogP contribution in [0.5, 0.6) is 0 Å². The van der Waals surface area contributed by atoms with Crippen molar-refractivity contribution in [2.45, 2.75) is 56.3 Å². The van der Waals surface area contributed by atoms with Gasteiger partial charge in [0.1, 0.15) is 18.1 Å². The number of H-pyrrole nitrogens is 1. The van der Waals surface area contributed by atoms with E-state index in [1.54, 1.807) is 6.20 Å². The van der Waals surface area contributed by atoms with E-state index in [4.69, 9.17) is 11.5 Å². The van der Waals surface area contributed by atoms with Crippen molar-refractivity contribution >= 4 is 40.5 Å². The lowest BCUT2D eigenvalue weighted by atomic mass is 10.0. The summed E-state index contributed by atoms with van der Waals surface area (Å²) in [6, 6.07) is 12.1. The summed E-state index contributed by atoms with van der Waals surface area (Å²) in [7, 11) is 0. The van der Waals surface area contributed by atoms with Gasteiger partial charge in [-0.1, -0.05) is 48.5 Å². The molecule has 2 heterocycles. The number of primary amides is 1. The topological polar surface area (TPSA) is 201 Å². The van der Waals surface area contributed by atoms with Crippen LogP contribution in [-0.4, -0.2) is 75.3 Å². The molecule has 4 amide bonds. The van der Waals surface area contributed by atoms with Gasteiger partial charge in [0.25, 0.3) is 0 Å². The first-order valence-electron chi connectivity index (χ1n) is 13.4. The van der Waals surface area contributed by atoms with Crippen molar-refractivity contribution in [3.63, 3.8) is 0 Å². The molecule has 1 aliphatic rings. The summed E-state index contributed by atoms with van der Waals surface area (Å²) in [5.41, 5.74) is 13.9. The summed E-state index contributed by atoms with van der Waals surface area (Å²) in [6.45, 7) is 0.317. The number of nitrogens with zero attached hydrogens (tertiary/aromatic N) is 1. The third-order valence-corrected chi connectivity index (χ3v) is 7.21. The van der Waals surface area contributed by atoms with Gasteiger partial charge in [0, 0.05) is 30.1 Å². The summed E-state index contributed by atoms with van der Waals surface area (Å²) in [5.74, 6) is -4.06. The number of likely N-dealkylation sites (tertiary alicyclic amines) is 1. The van der Waals surface area contributed by atoms with Crippen molar-refractivity contribution < 1.29 is 29.1 Å². The summed E-state index contributed by atoms with van der Waals surface area (Å²) in [4.78, 5) is 67.8. The molecule has 4 rings (SSSR count). The van der Waals surface area contributed by atoms with Crippen molar-refractivity contribution in [1.82, 2.24) is 20.5 Å². The minimum atomic E-state index is -1.43. The lowest BCUT2D eigenvalue weighted by molar-refractivity contribution is -0.143. The van der Waals surface area contributed by atoms with Crippen molar-refractivity contribution in [3.8, 4) is 0 Å². The van der Waals surface area contributed by atoms with Crippen LogP contribution in [0.15, 0.2) is 60.8 Å². The molecular formula is C29H34N6O6. The molecule has 0 bridgehead atoms. The second-order valence-electron chi connectivity index (χ2n) is 10.2. The Labute approximate surface area is 236 Å². The molecule has 8 N–H and O–H groups in total. The summed E-state index contributed by atoms with van der Waals surface area (Å²) >= 11 is 0. The fourth-order valence-corrected chi connectivity index (χ4v) is 5.14. The van der Waals surface area contributed by atoms with Crippen LogP contribution in [0, 0.1) is 0 Å². The van der Waals surface area contributed by atoms with Crippen molar-refractivity contribution in [1.29, 1.82) is 0 Å². The molecule has 216 valence electrons. The molecule has 0 spiro atoms. The number of carbonyl (C=O) groups is 5. The largest absolute Gasteiger partial charge is 0.480 e. The molecule has 12 nitrogen and oxygen atoms in total. The highest BCUT2D eigenvalue weighted by Gasteiger charge is 2.38. The van der Waals surface area contributed by atoms with Crippen molar-refractivity contribution in [2.24, 2.45) is 11.5 Å². The monoisotopic (exact) mass is 562 g/mol. The van der Waals surface area contributed by atoms with Crippen LogP contribution >= 0.6 is 0 Å². The van der Waals surface area contributed by atoms with E-state index in [1.165, 1.54) is 4.90 Å².